The average Bonchev–Trinajstić information content (AvgIpc) is 1.49. The van der Waals surface area contributed by atoms with Gasteiger partial charge < -0.3 is 9.47 Å². The first kappa shape index (κ1) is 73.8. The van der Waals surface area contributed by atoms with E-state index in [2.05, 4.69) is 388 Å². The Labute approximate surface area is 739 Å². The van der Waals surface area contributed by atoms with E-state index in [1.807, 2.05) is 60.7 Å². The van der Waals surface area contributed by atoms with Crippen molar-refractivity contribution in [2.45, 2.75) is 10.8 Å². The second kappa shape index (κ2) is 30.0. The third-order valence-electron chi connectivity index (χ3n) is 26.3. The fourth-order valence-electron chi connectivity index (χ4n) is 20.5. The van der Waals surface area contributed by atoms with Crippen molar-refractivity contribution in [1.82, 2.24) is 29.9 Å². The second-order valence-electron chi connectivity index (χ2n) is 33.3. The van der Waals surface area contributed by atoms with Gasteiger partial charge in [0.25, 0.3) is 0 Å². The number of ether oxygens (including phenoxy) is 2. The van der Waals surface area contributed by atoms with Gasteiger partial charge >= 0.3 is 0 Å². The number of para-hydroxylation sites is 2. The molecular weight excluding hydrogens is 1560 g/mol. The summed E-state index contributed by atoms with van der Waals surface area (Å²) in [6.45, 7) is 0. The van der Waals surface area contributed by atoms with E-state index in [-0.39, 0.29) is 0 Å². The maximum absolute atomic E-state index is 6.97. The standard InChI is InChI=1S/2C60H37N3O/c1-4-17-38(18-5-1)41-23-16-24-42(33-41)53-37-54(63-59(62-53)40-21-8-3-9-22-40)43-31-32-46-47-35-52-57(36-48(47)58(61-55(46)34-43)39-19-6-2-7-20-39)64-56-30-15-14-29-51(56)60(52)49-27-12-10-25-44(49)45-26-11-13-28-50(45)60;1-4-16-39(17-5-1)53-37-54(63-59(62-53)42-20-8-3-9-21-42)40-30-28-38(29-31-40)43-32-33-46-47-35-52-57(36-48(47)58(61-55(46)34-43)41-18-6-2-7-19-41)64-56-27-15-14-26-51(56)60(52)49-24-12-10-22-44(49)45-23-11-13-25-50(45)60/h2*1-37H. The van der Waals surface area contributed by atoms with Gasteiger partial charge in [0.05, 0.1) is 56.0 Å². The molecule has 22 aromatic rings. The summed E-state index contributed by atoms with van der Waals surface area (Å²) in [4.78, 5) is 31.5. The lowest BCUT2D eigenvalue weighted by Gasteiger charge is -2.39. The van der Waals surface area contributed by atoms with Gasteiger partial charge in [-0.05, 0) is 144 Å². The molecule has 0 unspecified atom stereocenters. The number of hydrogen-bond donors (Lipinski definition) is 0. The fourth-order valence-corrected chi connectivity index (χ4v) is 20.5. The predicted octanol–water partition coefficient (Wildman–Crippen LogP) is 30.0. The molecule has 4 aromatic heterocycles. The van der Waals surface area contributed by atoms with Gasteiger partial charge in [0.1, 0.15) is 23.0 Å². The summed E-state index contributed by atoms with van der Waals surface area (Å²) in [5, 5.41) is 6.49. The topological polar surface area (TPSA) is 95.8 Å². The van der Waals surface area contributed by atoms with E-state index in [4.69, 9.17) is 39.4 Å². The Morgan fingerprint density at radius 1 is 0.156 bits per heavy atom. The van der Waals surface area contributed by atoms with Crippen LogP contribution in [0.4, 0.5) is 0 Å². The van der Waals surface area contributed by atoms with Crippen LogP contribution in [0.3, 0.4) is 0 Å². The van der Waals surface area contributed by atoms with Crippen molar-refractivity contribution in [1.29, 1.82) is 0 Å². The zero-order valence-electron chi connectivity index (χ0n) is 69.2. The minimum absolute atomic E-state index is 0.566. The molecule has 2 spiro atoms. The molecule has 0 amide bonds. The highest BCUT2D eigenvalue weighted by Gasteiger charge is 2.53. The Bertz CT molecular complexity index is 8080. The number of benzene rings is 18. The van der Waals surface area contributed by atoms with E-state index in [1.54, 1.807) is 0 Å². The normalized spacial score (nSPS) is 12.9. The molecule has 2 aliphatic heterocycles. The van der Waals surface area contributed by atoms with E-state index in [0.717, 1.165) is 190 Å². The lowest BCUT2D eigenvalue weighted by atomic mass is 9.65. The molecule has 2 aliphatic carbocycles. The van der Waals surface area contributed by atoms with E-state index in [1.165, 1.54) is 44.5 Å². The maximum Gasteiger partial charge on any atom is 0.160 e. The lowest BCUT2D eigenvalue weighted by Crippen LogP contribution is -2.32. The average molecular weight is 1630 g/mol. The molecule has 0 bridgehead atoms. The van der Waals surface area contributed by atoms with E-state index < -0.39 is 10.8 Å². The molecule has 18 aromatic carbocycles. The molecule has 0 fully saturated rings. The van der Waals surface area contributed by atoms with Crippen molar-refractivity contribution in [3.63, 3.8) is 0 Å². The number of hydrogen-bond acceptors (Lipinski definition) is 8. The predicted molar refractivity (Wildman–Crippen MR) is 519 cm³/mol. The summed E-state index contributed by atoms with van der Waals surface area (Å²) in [5.74, 6) is 4.80. The maximum atomic E-state index is 6.97. The van der Waals surface area contributed by atoms with Crippen molar-refractivity contribution >= 4 is 43.4 Å². The van der Waals surface area contributed by atoms with E-state index in [9.17, 15) is 0 Å². The highest BCUT2D eigenvalue weighted by Crippen LogP contribution is 2.65. The molecule has 26 rings (SSSR count). The molecule has 8 heteroatoms. The second-order valence-corrected chi connectivity index (χ2v) is 33.3. The van der Waals surface area contributed by atoms with Crippen LogP contribution in [-0.4, -0.2) is 29.9 Å². The minimum atomic E-state index is -0.586. The van der Waals surface area contributed by atoms with Crippen LogP contribution in [0.2, 0.25) is 0 Å². The molecule has 0 radical (unpaired) electrons. The third-order valence-corrected chi connectivity index (χ3v) is 26.3. The highest BCUT2D eigenvalue weighted by molar-refractivity contribution is 6.15. The molecule has 0 saturated heterocycles. The number of aromatic nitrogens is 6. The Balaban J connectivity index is 0.000000139. The molecule has 128 heavy (non-hydrogen) atoms. The van der Waals surface area contributed by atoms with Crippen LogP contribution >= 0.6 is 0 Å². The Morgan fingerprint density at radius 3 is 0.875 bits per heavy atom. The molecule has 6 heterocycles. The third kappa shape index (κ3) is 11.9. The zero-order valence-corrected chi connectivity index (χ0v) is 69.2. The highest BCUT2D eigenvalue weighted by atomic mass is 16.5. The van der Waals surface area contributed by atoms with Crippen molar-refractivity contribution in [3.05, 3.63) is 493 Å². The van der Waals surface area contributed by atoms with Gasteiger partial charge in [-0.25, -0.2) is 29.9 Å². The first-order valence-corrected chi connectivity index (χ1v) is 43.5. The first-order chi connectivity index (χ1) is 63.4. The number of pyridine rings is 2. The van der Waals surface area contributed by atoms with Gasteiger partial charge in [0.15, 0.2) is 11.6 Å². The molecule has 596 valence electrons. The number of fused-ring (bicyclic) bond motifs is 24. The van der Waals surface area contributed by atoms with Crippen molar-refractivity contribution < 1.29 is 9.47 Å². The van der Waals surface area contributed by atoms with E-state index in [0.29, 0.717) is 11.6 Å². The largest absolute Gasteiger partial charge is 0.457 e. The Morgan fingerprint density at radius 2 is 0.445 bits per heavy atom. The van der Waals surface area contributed by atoms with Gasteiger partial charge in [0.2, 0.25) is 0 Å². The van der Waals surface area contributed by atoms with Gasteiger partial charge in [-0.2, -0.15) is 0 Å². The SMILES string of the molecule is c1ccc(-c2cc(-c3ccc(-c4ccc5c(c4)nc(-c4ccccc4)c4cc6c(cc45)C4(c5ccccc5O6)c5ccccc5-c5ccccc54)cc3)nc(-c3ccccc3)n2)cc1.c1ccc(-c2cccc(-c3cc(-c4ccc5c(c4)nc(-c4ccccc4)c4cc6c(cc45)C4(c5ccccc5O6)c5ccccc5-c5ccccc54)nc(-c4ccccc4)n3)c2)cc1. The zero-order chi connectivity index (χ0) is 84.4. The van der Waals surface area contributed by atoms with Crippen molar-refractivity contribution in [2.75, 3.05) is 0 Å². The number of nitrogens with zero attached hydrogens (tertiary/aromatic N) is 6. The van der Waals surface area contributed by atoms with Crippen molar-refractivity contribution in [2.24, 2.45) is 0 Å². The van der Waals surface area contributed by atoms with Crippen LogP contribution in [0, 0.1) is 0 Å². The summed E-state index contributed by atoms with van der Waals surface area (Å²) >= 11 is 0. The smallest absolute Gasteiger partial charge is 0.160 e. The Kier molecular flexibility index (Phi) is 17.3. The van der Waals surface area contributed by atoms with Crippen molar-refractivity contribution in [3.8, 4) is 158 Å². The Hall–Kier alpha value is -16.9. The lowest BCUT2D eigenvalue weighted by molar-refractivity contribution is 0.437. The first-order valence-electron chi connectivity index (χ1n) is 43.5. The van der Waals surface area contributed by atoms with Gasteiger partial charge in [0, 0.05) is 88.3 Å². The van der Waals surface area contributed by atoms with Crippen LogP contribution in [0.15, 0.2) is 449 Å². The number of rotatable bonds is 10. The molecule has 0 N–H and O–H groups in total. The summed E-state index contributed by atoms with van der Waals surface area (Å²) in [5.41, 5.74) is 33.2. The van der Waals surface area contributed by atoms with Gasteiger partial charge in [-0.1, -0.05) is 382 Å². The summed E-state index contributed by atoms with van der Waals surface area (Å²) in [6, 6.07) is 159. The van der Waals surface area contributed by atoms with Crippen LogP contribution in [-0.2, 0) is 10.8 Å². The molecule has 8 nitrogen and oxygen atoms in total. The molecule has 4 aliphatic rings. The quantitative estimate of drug-likeness (QED) is 0.125. The molecule has 0 saturated carbocycles. The monoisotopic (exact) mass is 1630 g/mol. The van der Waals surface area contributed by atoms with Crippen LogP contribution in [0.5, 0.6) is 23.0 Å². The summed E-state index contributed by atoms with van der Waals surface area (Å²) < 4.78 is 13.9. The minimum Gasteiger partial charge on any atom is -0.457 e. The van der Waals surface area contributed by atoms with E-state index >= 15 is 0 Å². The van der Waals surface area contributed by atoms with Crippen LogP contribution in [0.1, 0.15) is 44.5 Å². The van der Waals surface area contributed by atoms with Gasteiger partial charge in [-0.15, -0.1) is 0 Å². The molecule has 0 atom stereocenters. The van der Waals surface area contributed by atoms with Gasteiger partial charge in [-0.3, -0.25) is 0 Å². The fraction of sp³-hybridized carbons (Fsp3) is 0.0167. The van der Waals surface area contributed by atoms with Crippen LogP contribution < -0.4 is 9.47 Å². The summed E-state index contributed by atoms with van der Waals surface area (Å²) in [7, 11) is 0. The van der Waals surface area contributed by atoms with Crippen LogP contribution in [0.25, 0.3) is 178 Å². The summed E-state index contributed by atoms with van der Waals surface area (Å²) in [6.07, 6.45) is 0. The molecular formula is C120H74N6O2.